The smallest absolute Gasteiger partial charge is 0.263 e. The molecule has 5 nitrogen and oxygen atoms in total. The van der Waals surface area contributed by atoms with E-state index in [1.807, 2.05) is 31.2 Å². The summed E-state index contributed by atoms with van der Waals surface area (Å²) in [6.07, 6.45) is 1.36. The molecule has 0 atom stereocenters. The first-order valence-corrected chi connectivity index (χ1v) is 10.8. The second-order valence-corrected chi connectivity index (χ2v) is 9.10. The Kier molecular flexibility index (Phi) is 5.73. The Labute approximate surface area is 188 Å². The van der Waals surface area contributed by atoms with Gasteiger partial charge in [0.05, 0.1) is 16.7 Å². The molecule has 1 N–H and O–H groups in total. The number of fused-ring (bicyclic) bond motifs is 1. The number of benzene rings is 2. The van der Waals surface area contributed by atoms with Gasteiger partial charge in [-0.15, -0.1) is 11.3 Å². The van der Waals surface area contributed by atoms with Gasteiger partial charge < -0.3 is 5.32 Å². The van der Waals surface area contributed by atoms with Gasteiger partial charge in [-0.3, -0.25) is 14.2 Å². The predicted molar refractivity (Wildman–Crippen MR) is 122 cm³/mol. The van der Waals surface area contributed by atoms with Crippen LogP contribution >= 0.6 is 38.9 Å². The monoisotopic (exact) mass is 505 g/mol. The van der Waals surface area contributed by atoms with Crippen LogP contribution in [0, 0.1) is 12.7 Å². The lowest BCUT2D eigenvalue weighted by molar-refractivity contribution is -0.116. The van der Waals surface area contributed by atoms with Gasteiger partial charge in [0.2, 0.25) is 5.91 Å². The first-order valence-electron chi connectivity index (χ1n) is 8.83. The number of rotatable bonds is 4. The molecule has 0 radical (unpaired) electrons. The zero-order valence-corrected chi connectivity index (χ0v) is 18.7. The van der Waals surface area contributed by atoms with E-state index in [2.05, 4.69) is 26.2 Å². The lowest BCUT2D eigenvalue weighted by Crippen LogP contribution is -2.27. The molecule has 2 heterocycles. The fraction of sp³-hybridized carbons (Fsp3) is 0.0952. The minimum Gasteiger partial charge on any atom is -0.324 e. The molecule has 2 aromatic heterocycles. The lowest BCUT2D eigenvalue weighted by Gasteiger charge is -2.08. The van der Waals surface area contributed by atoms with Crippen molar-refractivity contribution in [1.29, 1.82) is 0 Å². The van der Waals surface area contributed by atoms with Crippen molar-refractivity contribution in [3.63, 3.8) is 0 Å². The predicted octanol–water partition coefficient (Wildman–Crippen LogP) is 5.63. The van der Waals surface area contributed by atoms with Gasteiger partial charge in [0.1, 0.15) is 17.2 Å². The van der Waals surface area contributed by atoms with Gasteiger partial charge in [-0.1, -0.05) is 39.7 Å². The van der Waals surface area contributed by atoms with Gasteiger partial charge in [-0.05, 0) is 42.8 Å². The zero-order valence-electron chi connectivity index (χ0n) is 15.6. The maximum absolute atomic E-state index is 13.3. The van der Waals surface area contributed by atoms with E-state index >= 15 is 0 Å². The standard InChI is InChI=1S/C21H14BrClFN3O2S/c1-11-18(12-2-4-13(22)5-3-12)19-20(30-11)25-10-27(21(19)29)9-17(28)26-14-6-7-16(24)15(23)8-14/h2-8,10H,9H2,1H3,(H,26,28). The number of halogens is 3. The summed E-state index contributed by atoms with van der Waals surface area (Å²) in [6, 6.07) is 11.6. The lowest BCUT2D eigenvalue weighted by atomic mass is 10.0. The third-order valence-corrected chi connectivity index (χ3v) is 6.34. The van der Waals surface area contributed by atoms with E-state index in [0.717, 1.165) is 26.5 Å². The number of nitrogens with one attached hydrogen (secondary N) is 1. The van der Waals surface area contributed by atoms with Crippen LogP contribution in [-0.4, -0.2) is 15.5 Å². The van der Waals surface area contributed by atoms with Gasteiger partial charge >= 0.3 is 0 Å². The normalized spacial score (nSPS) is 11.1. The van der Waals surface area contributed by atoms with Crippen LogP contribution in [0.1, 0.15) is 4.88 Å². The molecule has 0 aliphatic carbocycles. The fourth-order valence-electron chi connectivity index (χ4n) is 3.14. The van der Waals surface area contributed by atoms with Crippen LogP contribution in [0.15, 0.2) is 58.1 Å². The molecule has 0 fully saturated rings. The van der Waals surface area contributed by atoms with Crippen molar-refractivity contribution >= 4 is 60.7 Å². The minimum atomic E-state index is -0.575. The highest BCUT2D eigenvalue weighted by Gasteiger charge is 2.18. The maximum Gasteiger partial charge on any atom is 0.263 e. The molecule has 0 saturated carbocycles. The number of carbonyl (C=O) groups excluding carboxylic acids is 1. The van der Waals surface area contributed by atoms with Crippen LogP contribution in [0.25, 0.3) is 21.3 Å². The molecule has 0 aliphatic heterocycles. The molecular formula is C21H14BrClFN3O2S. The van der Waals surface area contributed by atoms with Crippen LogP contribution in [0.3, 0.4) is 0 Å². The van der Waals surface area contributed by atoms with Crippen LogP contribution in [0.5, 0.6) is 0 Å². The fourth-order valence-corrected chi connectivity index (χ4v) is 4.59. The molecule has 152 valence electrons. The Hall–Kier alpha value is -2.55. The van der Waals surface area contributed by atoms with Crippen molar-refractivity contribution in [3.8, 4) is 11.1 Å². The highest BCUT2D eigenvalue weighted by atomic mass is 79.9. The Bertz CT molecular complexity index is 1330. The second kappa shape index (κ2) is 8.29. The average Bonchev–Trinajstić information content (AvgIpc) is 3.04. The van der Waals surface area contributed by atoms with Crippen molar-refractivity contribution in [1.82, 2.24) is 9.55 Å². The van der Waals surface area contributed by atoms with E-state index in [1.54, 1.807) is 0 Å². The van der Waals surface area contributed by atoms with Crippen molar-refractivity contribution in [2.45, 2.75) is 13.5 Å². The molecule has 9 heteroatoms. The number of hydrogen-bond acceptors (Lipinski definition) is 4. The molecule has 0 unspecified atom stereocenters. The average molecular weight is 507 g/mol. The third kappa shape index (κ3) is 4.03. The highest BCUT2D eigenvalue weighted by molar-refractivity contribution is 9.10. The van der Waals surface area contributed by atoms with E-state index in [4.69, 9.17) is 11.6 Å². The van der Waals surface area contributed by atoms with Crippen molar-refractivity contribution < 1.29 is 9.18 Å². The molecule has 2 aromatic carbocycles. The van der Waals surface area contributed by atoms with E-state index in [0.29, 0.717) is 15.9 Å². The van der Waals surface area contributed by atoms with E-state index < -0.39 is 11.7 Å². The molecule has 1 amide bonds. The molecular weight excluding hydrogens is 493 g/mol. The largest absolute Gasteiger partial charge is 0.324 e. The first-order chi connectivity index (χ1) is 14.3. The molecule has 4 aromatic rings. The van der Waals surface area contributed by atoms with Gasteiger partial charge in [0.25, 0.3) is 5.56 Å². The third-order valence-electron chi connectivity index (χ3n) is 4.51. The molecule has 0 bridgehead atoms. The Morgan fingerprint density at radius 3 is 2.70 bits per heavy atom. The maximum atomic E-state index is 13.3. The van der Waals surface area contributed by atoms with Crippen LogP contribution in [-0.2, 0) is 11.3 Å². The van der Waals surface area contributed by atoms with Gasteiger partial charge in [-0.25, -0.2) is 9.37 Å². The van der Waals surface area contributed by atoms with Crippen molar-refractivity contribution in [2.24, 2.45) is 0 Å². The molecule has 30 heavy (non-hydrogen) atoms. The summed E-state index contributed by atoms with van der Waals surface area (Å²) in [5.74, 6) is -1.02. The summed E-state index contributed by atoms with van der Waals surface area (Å²) in [6.45, 7) is 1.71. The summed E-state index contributed by atoms with van der Waals surface area (Å²) in [5.41, 5.74) is 1.77. The summed E-state index contributed by atoms with van der Waals surface area (Å²) >= 11 is 10.6. The summed E-state index contributed by atoms with van der Waals surface area (Å²) in [5, 5.41) is 3.00. The van der Waals surface area contributed by atoms with E-state index in [1.165, 1.54) is 34.4 Å². The van der Waals surface area contributed by atoms with Gasteiger partial charge in [-0.2, -0.15) is 0 Å². The Balaban J connectivity index is 1.68. The first kappa shape index (κ1) is 20.7. The van der Waals surface area contributed by atoms with Crippen molar-refractivity contribution in [3.05, 3.63) is 79.3 Å². The number of hydrogen-bond donors (Lipinski definition) is 1. The number of carbonyl (C=O) groups is 1. The zero-order chi connectivity index (χ0) is 21.4. The molecule has 4 rings (SSSR count). The molecule has 0 saturated heterocycles. The summed E-state index contributed by atoms with van der Waals surface area (Å²) in [4.78, 5) is 31.6. The number of thiophene rings is 1. The van der Waals surface area contributed by atoms with Crippen LogP contribution < -0.4 is 10.9 Å². The topological polar surface area (TPSA) is 64.0 Å². The Morgan fingerprint density at radius 2 is 2.00 bits per heavy atom. The Morgan fingerprint density at radius 1 is 1.27 bits per heavy atom. The second-order valence-electron chi connectivity index (χ2n) is 6.57. The van der Waals surface area contributed by atoms with Gasteiger partial charge in [0.15, 0.2) is 0 Å². The quantitative estimate of drug-likeness (QED) is 0.390. The summed E-state index contributed by atoms with van der Waals surface area (Å²) < 4.78 is 15.5. The van der Waals surface area contributed by atoms with Crippen LogP contribution in [0.2, 0.25) is 5.02 Å². The number of nitrogens with zero attached hydrogens (tertiary/aromatic N) is 2. The number of aromatic nitrogens is 2. The number of amides is 1. The van der Waals surface area contributed by atoms with Gasteiger partial charge in [0, 0.05) is 20.6 Å². The number of anilines is 1. The van der Waals surface area contributed by atoms with E-state index in [-0.39, 0.29) is 17.1 Å². The molecule has 0 spiro atoms. The highest BCUT2D eigenvalue weighted by Crippen LogP contribution is 2.35. The van der Waals surface area contributed by atoms with Crippen molar-refractivity contribution in [2.75, 3.05) is 5.32 Å². The van der Waals surface area contributed by atoms with E-state index in [9.17, 15) is 14.0 Å². The molecule has 0 aliphatic rings. The SMILES string of the molecule is Cc1sc2ncn(CC(=O)Nc3ccc(F)c(Cl)c3)c(=O)c2c1-c1ccc(Br)cc1. The minimum absolute atomic E-state index is 0.0964. The van der Waals surface area contributed by atoms with Crippen LogP contribution in [0.4, 0.5) is 10.1 Å². The summed E-state index contributed by atoms with van der Waals surface area (Å²) in [7, 11) is 0. The number of aryl methyl sites for hydroxylation is 1.